The Bertz CT molecular complexity index is 896. The Kier molecular flexibility index (Phi) is 5.69. The number of anilines is 1. The highest BCUT2D eigenvalue weighted by atomic mass is 35.5. The number of rotatable bonds is 6. The minimum atomic E-state index is -0.0567. The third-order valence-corrected chi connectivity index (χ3v) is 6.04. The van der Waals surface area contributed by atoms with Crippen molar-refractivity contribution in [1.29, 1.82) is 0 Å². The number of hydrogen-bond donors (Lipinski definition) is 2. The fourth-order valence-electron chi connectivity index (χ4n) is 4.36. The molecule has 4 nitrogen and oxygen atoms in total. The largest absolute Gasteiger partial charge is 0.385 e. The zero-order chi connectivity index (χ0) is 19.5. The number of para-hydroxylation sites is 1. The molecule has 146 valence electrons. The Morgan fingerprint density at radius 1 is 1.21 bits per heavy atom. The zero-order valence-electron chi connectivity index (χ0n) is 16.0. The lowest BCUT2D eigenvalue weighted by molar-refractivity contribution is 0.0949. The highest BCUT2D eigenvalue weighted by molar-refractivity contribution is 6.31. The first-order valence-corrected chi connectivity index (χ1v) is 10.2. The molecule has 0 spiro atoms. The molecular formula is C23H25ClN2O2. The number of benzene rings is 2. The molecule has 1 amide bonds. The van der Waals surface area contributed by atoms with Crippen molar-refractivity contribution in [3.63, 3.8) is 0 Å². The van der Waals surface area contributed by atoms with E-state index in [1.165, 1.54) is 5.56 Å². The number of methoxy groups -OCH3 is 1. The van der Waals surface area contributed by atoms with E-state index in [9.17, 15) is 4.79 Å². The molecule has 0 saturated heterocycles. The van der Waals surface area contributed by atoms with Gasteiger partial charge in [-0.2, -0.15) is 0 Å². The van der Waals surface area contributed by atoms with E-state index in [0.717, 1.165) is 29.1 Å². The Morgan fingerprint density at radius 3 is 2.86 bits per heavy atom. The van der Waals surface area contributed by atoms with Gasteiger partial charge in [-0.25, -0.2) is 0 Å². The van der Waals surface area contributed by atoms with Crippen molar-refractivity contribution in [3.8, 4) is 0 Å². The molecular weight excluding hydrogens is 372 g/mol. The summed E-state index contributed by atoms with van der Waals surface area (Å²) in [6.45, 7) is 1.23. The lowest BCUT2D eigenvalue weighted by atomic mass is 9.76. The fraction of sp³-hybridized carbons (Fsp3) is 0.348. The van der Waals surface area contributed by atoms with Crippen LogP contribution in [-0.4, -0.2) is 26.2 Å². The van der Waals surface area contributed by atoms with Gasteiger partial charge in [0.2, 0.25) is 0 Å². The average Bonchev–Trinajstić information content (AvgIpc) is 3.21. The van der Waals surface area contributed by atoms with Crippen LogP contribution in [-0.2, 0) is 4.74 Å². The maximum absolute atomic E-state index is 12.8. The third kappa shape index (κ3) is 3.54. The minimum absolute atomic E-state index is 0.0567. The van der Waals surface area contributed by atoms with Gasteiger partial charge in [0.1, 0.15) is 0 Å². The summed E-state index contributed by atoms with van der Waals surface area (Å²) >= 11 is 6.52. The zero-order valence-corrected chi connectivity index (χ0v) is 16.7. The number of nitrogens with one attached hydrogen (secondary N) is 2. The van der Waals surface area contributed by atoms with Crippen LogP contribution < -0.4 is 10.6 Å². The number of allylic oxidation sites excluding steroid dienone is 2. The summed E-state index contributed by atoms with van der Waals surface area (Å²) in [6, 6.07) is 14.0. The molecule has 2 aliphatic rings. The molecule has 1 aliphatic heterocycles. The number of amides is 1. The van der Waals surface area contributed by atoms with Crippen molar-refractivity contribution < 1.29 is 9.53 Å². The molecule has 1 heterocycles. The summed E-state index contributed by atoms with van der Waals surface area (Å²) in [5.74, 6) is 0.630. The predicted molar refractivity (Wildman–Crippen MR) is 113 cm³/mol. The monoisotopic (exact) mass is 396 g/mol. The van der Waals surface area contributed by atoms with Crippen molar-refractivity contribution in [2.45, 2.75) is 24.8 Å². The molecule has 3 unspecified atom stereocenters. The van der Waals surface area contributed by atoms with Crippen molar-refractivity contribution in [3.05, 3.63) is 76.3 Å². The smallest absolute Gasteiger partial charge is 0.253 e. The second-order valence-electron chi connectivity index (χ2n) is 7.37. The Hall–Kier alpha value is -2.30. The molecule has 4 rings (SSSR count). The molecule has 28 heavy (non-hydrogen) atoms. The van der Waals surface area contributed by atoms with E-state index in [1.807, 2.05) is 30.3 Å². The van der Waals surface area contributed by atoms with E-state index in [4.69, 9.17) is 16.3 Å². The minimum Gasteiger partial charge on any atom is -0.385 e. The number of hydrogen-bond acceptors (Lipinski definition) is 3. The molecule has 0 bridgehead atoms. The van der Waals surface area contributed by atoms with Crippen molar-refractivity contribution in [2.24, 2.45) is 5.92 Å². The summed E-state index contributed by atoms with van der Waals surface area (Å²) in [6.07, 6.45) is 6.31. The van der Waals surface area contributed by atoms with Crippen LogP contribution in [0.25, 0.3) is 0 Å². The lowest BCUT2D eigenvalue weighted by Gasteiger charge is -2.38. The molecule has 3 atom stereocenters. The van der Waals surface area contributed by atoms with Crippen LogP contribution in [0.15, 0.2) is 54.6 Å². The number of fused-ring (bicyclic) bond motifs is 3. The summed E-state index contributed by atoms with van der Waals surface area (Å²) in [7, 11) is 1.67. The average molecular weight is 397 g/mol. The van der Waals surface area contributed by atoms with Crippen LogP contribution in [0, 0.1) is 5.92 Å². The number of ether oxygens (including phenoxy) is 1. The van der Waals surface area contributed by atoms with Crippen LogP contribution in [0.4, 0.5) is 5.69 Å². The molecule has 0 aromatic heterocycles. The van der Waals surface area contributed by atoms with E-state index in [1.54, 1.807) is 7.11 Å². The first-order valence-electron chi connectivity index (χ1n) is 9.78. The van der Waals surface area contributed by atoms with Gasteiger partial charge in [0.15, 0.2) is 0 Å². The molecule has 0 fully saturated rings. The molecule has 2 N–H and O–H groups in total. The topological polar surface area (TPSA) is 50.4 Å². The van der Waals surface area contributed by atoms with Gasteiger partial charge in [0, 0.05) is 31.2 Å². The van der Waals surface area contributed by atoms with Crippen LogP contribution in [0.5, 0.6) is 0 Å². The quantitative estimate of drug-likeness (QED) is 0.537. The van der Waals surface area contributed by atoms with Crippen LogP contribution in [0.1, 0.15) is 46.3 Å². The van der Waals surface area contributed by atoms with Gasteiger partial charge in [-0.1, -0.05) is 54.1 Å². The predicted octanol–water partition coefficient (Wildman–Crippen LogP) is 4.93. The van der Waals surface area contributed by atoms with Crippen molar-refractivity contribution >= 4 is 23.2 Å². The molecule has 0 radical (unpaired) electrons. The molecule has 2 aromatic rings. The van der Waals surface area contributed by atoms with Crippen molar-refractivity contribution in [1.82, 2.24) is 5.32 Å². The van der Waals surface area contributed by atoms with Gasteiger partial charge >= 0.3 is 0 Å². The lowest BCUT2D eigenvalue weighted by Crippen LogP contribution is -2.32. The van der Waals surface area contributed by atoms with Gasteiger partial charge in [0.05, 0.1) is 17.3 Å². The normalized spacial score (nSPS) is 22.3. The Balaban J connectivity index is 1.67. The number of carbonyl (C=O) groups excluding carboxylic acids is 1. The van der Waals surface area contributed by atoms with Crippen LogP contribution >= 0.6 is 11.6 Å². The van der Waals surface area contributed by atoms with Crippen molar-refractivity contribution in [2.75, 3.05) is 25.6 Å². The SMILES string of the molecule is COCCCNC(=O)c1cccc2c1NC(c1ccccc1Cl)C1CC=CC21. The molecule has 2 aromatic carbocycles. The summed E-state index contributed by atoms with van der Waals surface area (Å²) in [4.78, 5) is 12.8. The van der Waals surface area contributed by atoms with E-state index in [2.05, 4.69) is 34.9 Å². The summed E-state index contributed by atoms with van der Waals surface area (Å²) in [5, 5.41) is 7.43. The summed E-state index contributed by atoms with van der Waals surface area (Å²) < 4.78 is 5.06. The Morgan fingerprint density at radius 2 is 2.04 bits per heavy atom. The number of carbonyl (C=O) groups is 1. The fourth-order valence-corrected chi connectivity index (χ4v) is 4.61. The van der Waals surface area contributed by atoms with Crippen LogP contribution in [0.2, 0.25) is 5.02 Å². The molecule has 1 aliphatic carbocycles. The Labute approximate surface area is 170 Å². The molecule has 0 saturated carbocycles. The van der Waals surface area contributed by atoms with Gasteiger partial charge in [-0.15, -0.1) is 0 Å². The number of halogens is 1. The summed E-state index contributed by atoms with van der Waals surface area (Å²) in [5.41, 5.74) is 3.88. The van der Waals surface area contributed by atoms with E-state index < -0.39 is 0 Å². The van der Waals surface area contributed by atoms with Gasteiger partial charge in [-0.05, 0) is 42.0 Å². The second-order valence-corrected chi connectivity index (χ2v) is 7.78. The third-order valence-electron chi connectivity index (χ3n) is 5.69. The van der Waals surface area contributed by atoms with Gasteiger partial charge in [0.25, 0.3) is 5.91 Å². The second kappa shape index (κ2) is 8.38. The highest BCUT2D eigenvalue weighted by Gasteiger charge is 2.39. The van der Waals surface area contributed by atoms with E-state index >= 15 is 0 Å². The highest BCUT2D eigenvalue weighted by Crippen LogP contribution is 2.51. The first kappa shape index (κ1) is 19.0. The van der Waals surface area contributed by atoms with E-state index in [0.29, 0.717) is 30.6 Å². The molecule has 5 heteroatoms. The van der Waals surface area contributed by atoms with Gasteiger partial charge < -0.3 is 15.4 Å². The maximum atomic E-state index is 12.8. The van der Waals surface area contributed by atoms with E-state index in [-0.39, 0.29) is 11.9 Å². The first-order chi connectivity index (χ1) is 13.7. The maximum Gasteiger partial charge on any atom is 0.253 e. The van der Waals surface area contributed by atoms with Gasteiger partial charge in [-0.3, -0.25) is 4.79 Å². The van der Waals surface area contributed by atoms with Crippen LogP contribution in [0.3, 0.4) is 0 Å². The standard InChI is InChI=1S/C23H25ClN2O2/c1-28-14-6-13-25-23(27)19-11-5-10-17-15-8-4-9-16(15)21(26-22(17)19)18-7-2-3-12-20(18)24/h2-5,7-8,10-12,15-16,21,26H,6,9,13-14H2,1H3,(H,25,27).